The number of nitriles is 1. The lowest BCUT2D eigenvalue weighted by atomic mass is 10.0. The van der Waals surface area contributed by atoms with Crippen molar-refractivity contribution >= 4 is 12.4 Å². The largest absolute Gasteiger partial charge is 0.495 e. The Balaban J connectivity index is 0.00000200. The van der Waals surface area contributed by atoms with E-state index < -0.39 is 0 Å². The van der Waals surface area contributed by atoms with Crippen LogP contribution in [0, 0.1) is 17.2 Å². The molecular weight excluding hydrogens is 274 g/mol. The van der Waals surface area contributed by atoms with Gasteiger partial charge in [-0.1, -0.05) is 6.07 Å². The van der Waals surface area contributed by atoms with Crippen LogP contribution in [0.15, 0.2) is 18.2 Å². The van der Waals surface area contributed by atoms with E-state index in [0.29, 0.717) is 17.2 Å². The first-order valence-electron chi connectivity index (χ1n) is 6.69. The number of nitrogens with two attached hydrogens (primary N) is 1. The normalized spacial score (nSPS) is 20.0. The van der Waals surface area contributed by atoms with Gasteiger partial charge < -0.3 is 10.5 Å². The van der Waals surface area contributed by atoms with E-state index in [9.17, 15) is 0 Å². The number of methoxy groups -OCH3 is 1. The topological polar surface area (TPSA) is 62.3 Å². The van der Waals surface area contributed by atoms with Crippen molar-refractivity contribution in [3.8, 4) is 11.8 Å². The highest BCUT2D eigenvalue weighted by molar-refractivity contribution is 5.85. The molecule has 1 saturated heterocycles. The van der Waals surface area contributed by atoms with E-state index in [1.165, 1.54) is 12.0 Å². The van der Waals surface area contributed by atoms with Crippen LogP contribution >= 0.6 is 12.4 Å². The lowest BCUT2D eigenvalue weighted by Crippen LogP contribution is -2.29. The van der Waals surface area contributed by atoms with Crippen LogP contribution in [0.5, 0.6) is 5.75 Å². The third-order valence-corrected chi connectivity index (χ3v) is 3.84. The Kier molecular flexibility index (Phi) is 6.28. The van der Waals surface area contributed by atoms with E-state index in [-0.39, 0.29) is 18.4 Å². The molecule has 0 saturated carbocycles. The van der Waals surface area contributed by atoms with Crippen LogP contribution < -0.4 is 10.5 Å². The maximum Gasteiger partial charge on any atom is 0.136 e. The summed E-state index contributed by atoms with van der Waals surface area (Å²) < 4.78 is 5.24. The molecule has 2 N–H and O–H groups in total. The molecule has 0 aliphatic carbocycles. The third-order valence-electron chi connectivity index (χ3n) is 3.84. The van der Waals surface area contributed by atoms with E-state index >= 15 is 0 Å². The van der Waals surface area contributed by atoms with Crippen LogP contribution in [-0.4, -0.2) is 31.1 Å². The van der Waals surface area contributed by atoms with Gasteiger partial charge >= 0.3 is 0 Å². The zero-order valence-corrected chi connectivity index (χ0v) is 12.8. The Bertz CT molecular complexity index is 484. The fourth-order valence-electron chi connectivity index (χ4n) is 2.62. The van der Waals surface area contributed by atoms with Crippen LogP contribution in [-0.2, 0) is 6.54 Å². The van der Waals surface area contributed by atoms with E-state index in [4.69, 9.17) is 15.7 Å². The molecule has 0 aromatic heterocycles. The lowest BCUT2D eigenvalue weighted by Gasteiger charge is -2.18. The summed E-state index contributed by atoms with van der Waals surface area (Å²) in [7, 11) is 1.60. The van der Waals surface area contributed by atoms with E-state index in [2.05, 4.69) is 17.9 Å². The molecule has 2 rings (SSSR count). The van der Waals surface area contributed by atoms with Crippen LogP contribution in [0.3, 0.4) is 0 Å². The van der Waals surface area contributed by atoms with Crippen molar-refractivity contribution in [2.24, 2.45) is 11.7 Å². The van der Waals surface area contributed by atoms with Crippen molar-refractivity contribution in [2.75, 3.05) is 20.2 Å². The molecule has 20 heavy (non-hydrogen) atoms. The summed E-state index contributed by atoms with van der Waals surface area (Å²) in [5, 5.41) is 8.97. The Hall–Kier alpha value is -1.28. The highest BCUT2D eigenvalue weighted by atomic mass is 35.5. The summed E-state index contributed by atoms with van der Waals surface area (Å²) in [6.45, 7) is 5.12. The molecule has 0 amide bonds. The fourth-order valence-corrected chi connectivity index (χ4v) is 2.62. The predicted molar refractivity (Wildman–Crippen MR) is 82.0 cm³/mol. The number of rotatable bonds is 4. The van der Waals surface area contributed by atoms with E-state index in [1.54, 1.807) is 7.11 Å². The second-order valence-electron chi connectivity index (χ2n) is 5.29. The van der Waals surface area contributed by atoms with Gasteiger partial charge in [0.2, 0.25) is 0 Å². The fraction of sp³-hybridized carbons (Fsp3) is 0.533. The van der Waals surface area contributed by atoms with Crippen molar-refractivity contribution < 1.29 is 4.74 Å². The number of nitrogens with zero attached hydrogens (tertiary/aromatic N) is 2. The summed E-state index contributed by atoms with van der Waals surface area (Å²) in [4.78, 5) is 2.41. The van der Waals surface area contributed by atoms with Gasteiger partial charge in [0.1, 0.15) is 11.8 Å². The molecule has 0 bridgehead atoms. The third kappa shape index (κ3) is 3.86. The van der Waals surface area contributed by atoms with Gasteiger partial charge in [-0.05, 0) is 43.5 Å². The standard InChI is InChI=1S/C15H21N3O.ClH/c1-11(17)14-5-6-18(10-14)9-12-3-4-13(8-16)15(7-12)19-2;/h3-4,7,11,14H,5-6,9-10,17H2,1-2H3;1H. The molecule has 1 fully saturated rings. The van der Waals surface area contributed by atoms with Gasteiger partial charge in [0, 0.05) is 19.1 Å². The first-order valence-corrected chi connectivity index (χ1v) is 6.69. The number of hydrogen-bond donors (Lipinski definition) is 1. The number of hydrogen-bond acceptors (Lipinski definition) is 4. The van der Waals surface area contributed by atoms with Gasteiger partial charge in [-0.2, -0.15) is 5.26 Å². The minimum absolute atomic E-state index is 0. The van der Waals surface area contributed by atoms with E-state index in [1.807, 2.05) is 18.2 Å². The molecule has 5 heteroatoms. The molecule has 1 aliphatic heterocycles. The van der Waals surface area contributed by atoms with Crippen LogP contribution in [0.1, 0.15) is 24.5 Å². The zero-order valence-electron chi connectivity index (χ0n) is 12.0. The average molecular weight is 296 g/mol. The first-order chi connectivity index (χ1) is 9.13. The van der Waals surface area contributed by atoms with Gasteiger partial charge in [0.25, 0.3) is 0 Å². The summed E-state index contributed by atoms with van der Waals surface area (Å²) in [6, 6.07) is 8.18. The molecule has 0 radical (unpaired) electrons. The minimum Gasteiger partial charge on any atom is -0.495 e. The molecule has 2 atom stereocenters. The van der Waals surface area contributed by atoms with Gasteiger partial charge in [0.15, 0.2) is 0 Å². The van der Waals surface area contributed by atoms with Gasteiger partial charge in [0.05, 0.1) is 12.7 Å². The quantitative estimate of drug-likeness (QED) is 0.924. The maximum atomic E-state index is 8.97. The highest BCUT2D eigenvalue weighted by Gasteiger charge is 2.25. The molecule has 4 nitrogen and oxygen atoms in total. The van der Waals surface area contributed by atoms with Crippen molar-refractivity contribution in [2.45, 2.75) is 25.9 Å². The second kappa shape index (κ2) is 7.49. The highest BCUT2D eigenvalue weighted by Crippen LogP contribution is 2.24. The summed E-state index contributed by atoms with van der Waals surface area (Å²) in [6.07, 6.45) is 1.17. The predicted octanol–water partition coefficient (Wildman–Crippen LogP) is 2.16. The van der Waals surface area contributed by atoms with Gasteiger partial charge in [-0.15, -0.1) is 12.4 Å². The molecular formula is C15H22ClN3O. The molecule has 110 valence electrons. The molecule has 1 aliphatic rings. The molecule has 2 unspecified atom stereocenters. The number of likely N-dealkylation sites (tertiary alicyclic amines) is 1. The zero-order chi connectivity index (χ0) is 13.8. The number of halogens is 1. The molecule has 1 aromatic rings. The smallest absolute Gasteiger partial charge is 0.136 e. The van der Waals surface area contributed by atoms with Crippen molar-refractivity contribution in [1.29, 1.82) is 5.26 Å². The first kappa shape index (κ1) is 16.8. The Labute approximate surface area is 126 Å². The monoisotopic (exact) mass is 295 g/mol. The summed E-state index contributed by atoms with van der Waals surface area (Å²) >= 11 is 0. The van der Waals surface area contributed by atoms with Crippen molar-refractivity contribution in [1.82, 2.24) is 4.90 Å². The molecule has 1 heterocycles. The van der Waals surface area contributed by atoms with Gasteiger partial charge in [-0.3, -0.25) is 4.90 Å². The number of ether oxygens (including phenoxy) is 1. The lowest BCUT2D eigenvalue weighted by molar-refractivity contribution is 0.308. The van der Waals surface area contributed by atoms with Crippen LogP contribution in [0.2, 0.25) is 0 Å². The van der Waals surface area contributed by atoms with Gasteiger partial charge in [-0.25, -0.2) is 0 Å². The Morgan fingerprint density at radius 3 is 2.85 bits per heavy atom. The second-order valence-corrected chi connectivity index (χ2v) is 5.29. The Morgan fingerprint density at radius 1 is 1.55 bits per heavy atom. The SMILES string of the molecule is COc1cc(CN2CCC(C(C)N)C2)ccc1C#N.Cl. The average Bonchev–Trinajstić information content (AvgIpc) is 2.87. The van der Waals surface area contributed by atoms with Crippen LogP contribution in [0.4, 0.5) is 0 Å². The van der Waals surface area contributed by atoms with Crippen molar-refractivity contribution in [3.63, 3.8) is 0 Å². The molecule has 0 spiro atoms. The van der Waals surface area contributed by atoms with E-state index in [0.717, 1.165) is 19.6 Å². The van der Waals surface area contributed by atoms with Crippen molar-refractivity contribution in [3.05, 3.63) is 29.3 Å². The molecule has 1 aromatic carbocycles. The Morgan fingerprint density at radius 2 is 2.30 bits per heavy atom. The van der Waals surface area contributed by atoms with Crippen LogP contribution in [0.25, 0.3) is 0 Å². The number of benzene rings is 1. The summed E-state index contributed by atoms with van der Waals surface area (Å²) in [5.74, 6) is 1.25. The minimum atomic E-state index is 0. The summed E-state index contributed by atoms with van der Waals surface area (Å²) in [5.41, 5.74) is 7.72. The maximum absolute atomic E-state index is 8.97.